The largest absolute Gasteiger partial charge is 0.490 e. The minimum Gasteiger partial charge on any atom is -0.475 e. The third-order valence-corrected chi connectivity index (χ3v) is 6.55. The number of rotatable bonds is 6. The van der Waals surface area contributed by atoms with E-state index < -0.39 is 34.1 Å². The molecule has 0 unspecified atom stereocenters. The zero-order chi connectivity index (χ0) is 33.6. The fourth-order valence-corrected chi connectivity index (χ4v) is 4.27. The van der Waals surface area contributed by atoms with Crippen LogP contribution in [-0.2, 0) is 24.2 Å². The second kappa shape index (κ2) is 13.6. The molecule has 0 spiro atoms. The Balaban J connectivity index is 0.000000402. The van der Waals surface area contributed by atoms with Crippen LogP contribution in [0.25, 0.3) is 5.69 Å². The van der Waals surface area contributed by atoms with E-state index in [1.165, 1.54) is 10.8 Å². The van der Waals surface area contributed by atoms with Gasteiger partial charge in [0.15, 0.2) is 0 Å². The van der Waals surface area contributed by atoms with Gasteiger partial charge in [0, 0.05) is 41.5 Å². The molecule has 0 saturated heterocycles. The summed E-state index contributed by atoms with van der Waals surface area (Å²) in [5.74, 6) is -5.58. The molecule has 0 radical (unpaired) electrons. The van der Waals surface area contributed by atoms with E-state index in [-0.39, 0.29) is 28.7 Å². The van der Waals surface area contributed by atoms with Gasteiger partial charge in [-0.05, 0) is 48.2 Å². The Morgan fingerprint density at radius 2 is 1.52 bits per heavy atom. The summed E-state index contributed by atoms with van der Waals surface area (Å²) in [6.45, 7) is 0. The van der Waals surface area contributed by atoms with Gasteiger partial charge in [0.2, 0.25) is 20.9 Å². The molecule has 1 fully saturated rings. The molecule has 2 aromatic carbocycles. The number of carboxylic acid groups (broad SMARTS) is 2. The smallest absolute Gasteiger partial charge is 0.475 e. The number of aromatic nitrogens is 2. The van der Waals surface area contributed by atoms with Crippen molar-refractivity contribution in [3.8, 4) is 5.69 Å². The maximum absolute atomic E-state index is 12.6. The fourth-order valence-electron chi connectivity index (χ4n) is 3.49. The van der Waals surface area contributed by atoms with Gasteiger partial charge in [-0.25, -0.2) is 23.0 Å². The van der Waals surface area contributed by atoms with E-state index in [2.05, 4.69) is 10.3 Å². The van der Waals surface area contributed by atoms with Crippen LogP contribution in [0.1, 0.15) is 23.5 Å². The molecule has 1 aliphatic rings. The number of carbonyl (C=O) groups is 3. The molecule has 2 atom stereocenters. The van der Waals surface area contributed by atoms with Crippen LogP contribution in [0.4, 0.5) is 32.0 Å². The quantitative estimate of drug-likeness (QED) is 0.150. The number of benzene rings is 2. The highest BCUT2D eigenvalue weighted by molar-refractivity contribution is 7.90. The van der Waals surface area contributed by atoms with Crippen molar-refractivity contribution in [1.82, 2.24) is 9.55 Å². The Kier molecular flexibility index (Phi) is 10.9. The standard InChI is InChI=1S/C21H21N5O3S.2C2HF3O2/c1-30(28,29)21-24-9-10-26(21)16-7-5-15(6-8-16)25-20(27)18-12-17(18)13-3-2-4-14(11-13)19(22)23;2*3-2(4,5)1(6)7/h2-11,17-18H,12H2,1H3,(H3,22,23)(H,25,27);2*(H,6,7)/t17-,18-;;/m1../s1. The summed E-state index contributed by atoms with van der Waals surface area (Å²) in [6, 6.07) is 14.3. The van der Waals surface area contributed by atoms with Crippen molar-refractivity contribution in [3.63, 3.8) is 0 Å². The summed E-state index contributed by atoms with van der Waals surface area (Å²) in [5.41, 5.74) is 8.47. The number of halogens is 6. The average Bonchev–Trinajstić information content (AvgIpc) is 3.55. The Hall–Kier alpha value is -4.94. The number of nitrogen functional groups attached to an aromatic ring is 1. The number of sulfone groups is 1. The molecule has 0 bridgehead atoms. The number of hydrogen-bond donors (Lipinski definition) is 5. The van der Waals surface area contributed by atoms with Crippen LogP contribution in [0.15, 0.2) is 66.1 Å². The minimum atomic E-state index is -5.08. The van der Waals surface area contributed by atoms with Gasteiger partial charge < -0.3 is 21.3 Å². The van der Waals surface area contributed by atoms with E-state index in [4.69, 9.17) is 30.9 Å². The highest BCUT2D eigenvalue weighted by atomic mass is 32.2. The van der Waals surface area contributed by atoms with Crippen LogP contribution in [0.5, 0.6) is 0 Å². The number of carbonyl (C=O) groups excluding carboxylic acids is 1. The van der Waals surface area contributed by atoms with Gasteiger partial charge in [-0.3, -0.25) is 14.8 Å². The molecule has 1 aliphatic carbocycles. The highest BCUT2D eigenvalue weighted by Crippen LogP contribution is 2.48. The van der Waals surface area contributed by atoms with Gasteiger partial charge in [-0.15, -0.1) is 0 Å². The fraction of sp³-hybridized carbons (Fsp3) is 0.240. The van der Waals surface area contributed by atoms with Gasteiger partial charge in [0.1, 0.15) is 5.84 Å². The monoisotopic (exact) mass is 651 g/mol. The first kappa shape index (κ1) is 35.3. The normalized spacial score (nSPS) is 15.9. The van der Waals surface area contributed by atoms with Crippen molar-refractivity contribution in [2.45, 2.75) is 29.8 Å². The Morgan fingerprint density at radius 1 is 1.00 bits per heavy atom. The van der Waals surface area contributed by atoms with E-state index in [9.17, 15) is 39.6 Å². The molecule has 1 amide bonds. The van der Waals surface area contributed by atoms with E-state index in [0.717, 1.165) is 18.2 Å². The first-order valence-electron chi connectivity index (χ1n) is 11.8. The van der Waals surface area contributed by atoms with Crippen molar-refractivity contribution < 1.29 is 59.4 Å². The maximum Gasteiger partial charge on any atom is 0.490 e. The number of amides is 1. The second-order valence-electron chi connectivity index (χ2n) is 8.98. The summed E-state index contributed by atoms with van der Waals surface area (Å²) >= 11 is 0. The van der Waals surface area contributed by atoms with E-state index >= 15 is 0 Å². The molecule has 44 heavy (non-hydrogen) atoms. The summed E-state index contributed by atoms with van der Waals surface area (Å²) in [7, 11) is -3.45. The molecule has 1 saturated carbocycles. The van der Waals surface area contributed by atoms with Gasteiger partial charge in [0.25, 0.3) is 0 Å². The number of anilines is 1. The predicted molar refractivity (Wildman–Crippen MR) is 141 cm³/mol. The second-order valence-corrected chi connectivity index (χ2v) is 10.9. The predicted octanol–water partition coefficient (Wildman–Crippen LogP) is 3.57. The first-order valence-corrected chi connectivity index (χ1v) is 13.7. The summed E-state index contributed by atoms with van der Waals surface area (Å²) < 4.78 is 88.6. The summed E-state index contributed by atoms with van der Waals surface area (Å²) in [6.07, 6.45) is -5.30. The zero-order valence-corrected chi connectivity index (χ0v) is 23.0. The topological polar surface area (TPSA) is 206 Å². The lowest BCUT2D eigenvalue weighted by atomic mass is 10.0. The number of nitrogens with two attached hydrogens (primary N) is 1. The zero-order valence-electron chi connectivity index (χ0n) is 22.2. The lowest BCUT2D eigenvalue weighted by Crippen LogP contribution is -2.21. The molecule has 0 aliphatic heterocycles. The molecule has 12 nitrogen and oxygen atoms in total. The number of alkyl halides is 6. The molecular weight excluding hydrogens is 628 g/mol. The number of carboxylic acids is 2. The van der Waals surface area contributed by atoms with Crippen LogP contribution >= 0.6 is 0 Å². The Bertz CT molecular complexity index is 1610. The number of amidine groups is 1. The van der Waals surface area contributed by atoms with Crippen LogP contribution in [-0.4, -0.2) is 70.5 Å². The Labute approximate surface area is 244 Å². The van der Waals surface area contributed by atoms with Crippen molar-refractivity contribution >= 4 is 39.2 Å². The van der Waals surface area contributed by atoms with Crippen molar-refractivity contribution in [1.29, 1.82) is 5.41 Å². The lowest BCUT2D eigenvalue weighted by molar-refractivity contribution is -0.193. The summed E-state index contributed by atoms with van der Waals surface area (Å²) in [5, 5.41) is 24.7. The van der Waals surface area contributed by atoms with Crippen LogP contribution in [0, 0.1) is 11.3 Å². The third-order valence-electron chi connectivity index (χ3n) is 5.59. The Morgan fingerprint density at radius 3 is 1.98 bits per heavy atom. The van der Waals surface area contributed by atoms with Crippen molar-refractivity contribution in [3.05, 3.63) is 72.1 Å². The molecule has 1 heterocycles. The molecular formula is C25H23F6N5O7S. The molecule has 6 N–H and O–H groups in total. The average molecular weight is 652 g/mol. The molecule has 1 aromatic heterocycles. The van der Waals surface area contributed by atoms with Gasteiger partial charge >= 0.3 is 24.3 Å². The maximum atomic E-state index is 12.6. The van der Waals surface area contributed by atoms with Gasteiger partial charge in [0.05, 0.1) is 0 Å². The molecule has 4 rings (SSSR count). The van der Waals surface area contributed by atoms with E-state index in [1.807, 2.05) is 18.2 Å². The van der Waals surface area contributed by atoms with E-state index in [0.29, 0.717) is 16.9 Å². The third kappa shape index (κ3) is 10.1. The SMILES string of the molecule is CS(=O)(=O)c1nccn1-c1ccc(NC(=O)[C@@H]2C[C@@H]2c2cccc(C(=N)N)c2)cc1.O=C(O)C(F)(F)F.O=C(O)C(F)(F)F. The molecule has 238 valence electrons. The van der Waals surface area contributed by atoms with Crippen LogP contribution in [0.2, 0.25) is 0 Å². The van der Waals surface area contributed by atoms with Crippen LogP contribution < -0.4 is 11.1 Å². The summed E-state index contributed by atoms with van der Waals surface area (Å²) in [4.78, 5) is 34.3. The number of aliphatic carboxylic acids is 2. The number of imidazole rings is 1. The van der Waals surface area contributed by atoms with E-state index in [1.54, 1.807) is 36.5 Å². The van der Waals surface area contributed by atoms with Gasteiger partial charge in [-0.2, -0.15) is 26.3 Å². The highest BCUT2D eigenvalue weighted by Gasteiger charge is 2.44. The molecule has 3 aromatic rings. The number of nitrogens with zero attached hydrogens (tertiary/aromatic N) is 2. The number of hydrogen-bond acceptors (Lipinski definition) is 7. The van der Waals surface area contributed by atoms with Crippen molar-refractivity contribution in [2.75, 3.05) is 11.6 Å². The molecule has 19 heteroatoms. The minimum absolute atomic E-state index is 0.00974. The number of nitrogens with one attached hydrogen (secondary N) is 2. The lowest BCUT2D eigenvalue weighted by Gasteiger charge is -2.09. The first-order chi connectivity index (χ1) is 20.1. The van der Waals surface area contributed by atoms with Gasteiger partial charge in [-0.1, -0.05) is 18.2 Å². The van der Waals surface area contributed by atoms with Crippen molar-refractivity contribution in [2.24, 2.45) is 11.7 Å². The van der Waals surface area contributed by atoms with Crippen LogP contribution in [0.3, 0.4) is 0 Å².